The van der Waals surface area contributed by atoms with Crippen LogP contribution in [-0.2, 0) is 6.54 Å². The van der Waals surface area contributed by atoms with Gasteiger partial charge in [0.15, 0.2) is 10.8 Å². The van der Waals surface area contributed by atoms with E-state index in [1.807, 2.05) is 35.9 Å². The summed E-state index contributed by atoms with van der Waals surface area (Å²) in [5.74, 6) is 0.182. The normalized spacial score (nSPS) is 11.6. The van der Waals surface area contributed by atoms with E-state index in [9.17, 15) is 4.79 Å². The number of aromatic nitrogens is 4. The maximum Gasteiger partial charge on any atom is 0.280 e. The second kappa shape index (κ2) is 8.59. The summed E-state index contributed by atoms with van der Waals surface area (Å²) >= 11 is 1.53. The lowest BCUT2D eigenvalue weighted by molar-refractivity contribution is 0.0979. The number of aryl methyl sites for hydroxylation is 1. The van der Waals surface area contributed by atoms with Gasteiger partial charge in [-0.25, -0.2) is 4.98 Å². The van der Waals surface area contributed by atoms with Gasteiger partial charge in [0.1, 0.15) is 0 Å². The number of carbonyl (C=O) groups is 1. The molecule has 0 unspecified atom stereocenters. The van der Waals surface area contributed by atoms with Crippen molar-refractivity contribution < 1.29 is 4.79 Å². The molecule has 4 aromatic rings. The summed E-state index contributed by atoms with van der Waals surface area (Å²) in [6.45, 7) is 10.7. The first kappa shape index (κ1) is 21.2. The Bertz CT molecular complexity index is 1210. The lowest BCUT2D eigenvalue weighted by Crippen LogP contribution is -2.31. The summed E-state index contributed by atoms with van der Waals surface area (Å²) in [5, 5.41) is 5.24. The lowest BCUT2D eigenvalue weighted by Gasteiger charge is -2.18. The third-order valence-electron chi connectivity index (χ3n) is 5.21. The molecule has 0 aliphatic rings. The molecule has 0 saturated heterocycles. The van der Waals surface area contributed by atoms with Crippen molar-refractivity contribution in [3.8, 4) is 0 Å². The number of hydrogen-bond donors (Lipinski definition) is 0. The number of nitrogens with zero attached hydrogens (tertiary/aromatic N) is 5. The second-order valence-electron chi connectivity index (χ2n) is 8.27. The standard InChI is InChI=1S/C24H27N5OS/c1-15(2)19-10-8-11-21-22(19)26-24(31-21)28(14-18-9-6-7-12-25-18)23(30)20-13-17(5)29(27-20)16(3)4/h6-13,15-16H,14H2,1-5H3. The molecule has 4 rings (SSSR count). The van der Waals surface area contributed by atoms with Gasteiger partial charge in [-0.1, -0.05) is 43.4 Å². The molecule has 0 fully saturated rings. The number of rotatable bonds is 6. The highest BCUT2D eigenvalue weighted by Crippen LogP contribution is 2.34. The Labute approximate surface area is 186 Å². The minimum Gasteiger partial charge on any atom is -0.276 e. The SMILES string of the molecule is Cc1cc(C(=O)N(Cc2ccccn2)c2nc3c(C(C)C)cccc3s2)nn1C(C)C. The Morgan fingerprint density at radius 3 is 2.58 bits per heavy atom. The summed E-state index contributed by atoms with van der Waals surface area (Å²) in [6.07, 6.45) is 1.74. The van der Waals surface area contributed by atoms with Crippen molar-refractivity contribution in [2.75, 3.05) is 4.90 Å². The molecule has 3 aromatic heterocycles. The number of hydrogen-bond acceptors (Lipinski definition) is 5. The number of benzene rings is 1. The minimum atomic E-state index is -0.168. The van der Waals surface area contributed by atoms with Gasteiger partial charge in [-0.05, 0) is 56.5 Å². The highest BCUT2D eigenvalue weighted by Gasteiger charge is 2.26. The molecule has 3 heterocycles. The third-order valence-corrected chi connectivity index (χ3v) is 6.26. The lowest BCUT2D eigenvalue weighted by atomic mass is 10.0. The molecular weight excluding hydrogens is 406 g/mol. The van der Waals surface area contributed by atoms with E-state index in [4.69, 9.17) is 4.98 Å². The van der Waals surface area contributed by atoms with Crippen LogP contribution in [-0.4, -0.2) is 25.7 Å². The number of carbonyl (C=O) groups excluding carboxylic acids is 1. The molecule has 7 heteroatoms. The fourth-order valence-electron chi connectivity index (χ4n) is 3.67. The third kappa shape index (κ3) is 4.23. The quantitative estimate of drug-likeness (QED) is 0.388. The number of amides is 1. The zero-order chi connectivity index (χ0) is 22.1. The van der Waals surface area contributed by atoms with Crippen LogP contribution in [0.25, 0.3) is 10.2 Å². The molecule has 0 aliphatic heterocycles. The van der Waals surface area contributed by atoms with Gasteiger partial charge in [-0.15, -0.1) is 0 Å². The maximum atomic E-state index is 13.6. The van der Waals surface area contributed by atoms with Crippen molar-refractivity contribution in [1.29, 1.82) is 0 Å². The average molecular weight is 434 g/mol. The van der Waals surface area contributed by atoms with Gasteiger partial charge in [0, 0.05) is 17.9 Å². The van der Waals surface area contributed by atoms with Crippen LogP contribution < -0.4 is 4.90 Å². The summed E-state index contributed by atoms with van der Waals surface area (Å²) in [4.78, 5) is 24.7. The summed E-state index contributed by atoms with van der Waals surface area (Å²) < 4.78 is 2.95. The van der Waals surface area contributed by atoms with Gasteiger partial charge >= 0.3 is 0 Å². The van der Waals surface area contributed by atoms with Crippen LogP contribution >= 0.6 is 11.3 Å². The zero-order valence-electron chi connectivity index (χ0n) is 18.5. The second-order valence-corrected chi connectivity index (χ2v) is 9.28. The van der Waals surface area contributed by atoms with Gasteiger partial charge in [0.25, 0.3) is 5.91 Å². The predicted molar refractivity (Wildman–Crippen MR) is 126 cm³/mol. The molecule has 0 radical (unpaired) electrons. The van der Waals surface area contributed by atoms with Crippen LogP contribution in [0.15, 0.2) is 48.7 Å². The monoisotopic (exact) mass is 433 g/mol. The minimum absolute atomic E-state index is 0.168. The first-order valence-electron chi connectivity index (χ1n) is 10.5. The molecule has 0 spiro atoms. The Morgan fingerprint density at radius 1 is 1.13 bits per heavy atom. The predicted octanol–water partition coefficient (Wildman–Crippen LogP) is 5.75. The molecule has 1 aromatic carbocycles. The van der Waals surface area contributed by atoms with E-state index in [2.05, 4.69) is 56.0 Å². The van der Waals surface area contributed by atoms with Gasteiger partial charge < -0.3 is 0 Å². The van der Waals surface area contributed by atoms with Crippen LogP contribution in [0.1, 0.15) is 67.1 Å². The molecule has 0 atom stereocenters. The maximum absolute atomic E-state index is 13.6. The van der Waals surface area contributed by atoms with Gasteiger partial charge in [-0.3, -0.25) is 19.4 Å². The molecule has 31 heavy (non-hydrogen) atoms. The molecule has 160 valence electrons. The molecule has 1 amide bonds. The van der Waals surface area contributed by atoms with Crippen LogP contribution in [0, 0.1) is 6.92 Å². The van der Waals surface area contributed by atoms with Crippen molar-refractivity contribution in [2.24, 2.45) is 0 Å². The number of fused-ring (bicyclic) bond motifs is 1. The van der Waals surface area contributed by atoms with E-state index in [-0.39, 0.29) is 11.9 Å². The van der Waals surface area contributed by atoms with Crippen molar-refractivity contribution in [2.45, 2.75) is 53.1 Å². The topological polar surface area (TPSA) is 63.9 Å². The van der Waals surface area contributed by atoms with Crippen LogP contribution in [0.5, 0.6) is 0 Å². The van der Waals surface area contributed by atoms with Crippen molar-refractivity contribution in [1.82, 2.24) is 19.7 Å². The zero-order valence-corrected chi connectivity index (χ0v) is 19.3. The number of anilines is 1. The van der Waals surface area contributed by atoms with Crippen LogP contribution in [0.3, 0.4) is 0 Å². The molecule has 6 nitrogen and oxygen atoms in total. The Hall–Kier alpha value is -3.06. The number of pyridine rings is 1. The highest BCUT2D eigenvalue weighted by molar-refractivity contribution is 7.22. The van der Waals surface area contributed by atoms with Crippen molar-refractivity contribution in [3.63, 3.8) is 0 Å². The first-order valence-corrected chi connectivity index (χ1v) is 11.3. The van der Waals surface area contributed by atoms with E-state index in [0.29, 0.717) is 23.3 Å². The largest absolute Gasteiger partial charge is 0.280 e. The summed E-state index contributed by atoms with van der Waals surface area (Å²) in [5.41, 5.74) is 4.33. The molecule has 0 aliphatic carbocycles. The fraction of sp³-hybridized carbons (Fsp3) is 0.333. The first-order chi connectivity index (χ1) is 14.8. The average Bonchev–Trinajstić information content (AvgIpc) is 3.35. The Balaban J connectivity index is 1.80. The molecule has 0 saturated carbocycles. The Morgan fingerprint density at radius 2 is 1.94 bits per heavy atom. The van der Waals surface area contributed by atoms with Gasteiger partial charge in [-0.2, -0.15) is 5.10 Å². The highest BCUT2D eigenvalue weighted by atomic mass is 32.1. The fourth-order valence-corrected chi connectivity index (χ4v) is 4.67. The van der Waals surface area contributed by atoms with E-state index < -0.39 is 0 Å². The van der Waals surface area contributed by atoms with Gasteiger partial charge in [0.05, 0.1) is 22.5 Å². The van der Waals surface area contributed by atoms with E-state index >= 15 is 0 Å². The molecule has 0 N–H and O–H groups in total. The Kier molecular flexibility index (Phi) is 5.87. The van der Waals surface area contributed by atoms with Crippen molar-refractivity contribution >= 4 is 32.6 Å². The van der Waals surface area contributed by atoms with Crippen LogP contribution in [0.4, 0.5) is 5.13 Å². The van der Waals surface area contributed by atoms with E-state index in [0.717, 1.165) is 21.6 Å². The van der Waals surface area contributed by atoms with Crippen molar-refractivity contribution in [3.05, 3.63) is 71.3 Å². The van der Waals surface area contributed by atoms with E-state index in [1.54, 1.807) is 11.1 Å². The summed E-state index contributed by atoms with van der Waals surface area (Å²) in [6, 6.07) is 14.0. The molecular formula is C24H27N5OS. The van der Waals surface area contributed by atoms with E-state index in [1.165, 1.54) is 16.9 Å². The smallest absolute Gasteiger partial charge is 0.276 e. The number of para-hydroxylation sites is 1. The molecule has 0 bridgehead atoms. The summed E-state index contributed by atoms with van der Waals surface area (Å²) in [7, 11) is 0. The van der Waals surface area contributed by atoms with Crippen LogP contribution in [0.2, 0.25) is 0 Å². The van der Waals surface area contributed by atoms with Gasteiger partial charge in [0.2, 0.25) is 0 Å². The number of thiazole rings is 1.